The minimum atomic E-state index is -0.305. The Labute approximate surface area is 141 Å². The van der Waals surface area contributed by atoms with Gasteiger partial charge in [0.25, 0.3) is 5.91 Å². The minimum absolute atomic E-state index is 0.305. The van der Waals surface area contributed by atoms with E-state index in [2.05, 4.69) is 21.3 Å². The third-order valence-electron chi connectivity index (χ3n) is 4.25. The molecule has 5 nitrogen and oxygen atoms in total. The average molecular weight is 320 g/mol. The summed E-state index contributed by atoms with van der Waals surface area (Å²) in [7, 11) is 0. The number of benzene rings is 1. The number of hydrogen-bond donors (Lipinski definition) is 1. The number of amides is 1. The quantitative estimate of drug-likeness (QED) is 0.938. The molecule has 0 saturated carbocycles. The molecule has 5 heteroatoms. The van der Waals surface area contributed by atoms with Gasteiger partial charge in [-0.1, -0.05) is 25.0 Å². The lowest BCUT2D eigenvalue weighted by Crippen LogP contribution is -2.24. The first-order valence-electron chi connectivity index (χ1n) is 8.29. The molecule has 1 aromatic heterocycles. The van der Waals surface area contributed by atoms with Gasteiger partial charge < -0.3 is 10.2 Å². The van der Waals surface area contributed by atoms with Crippen molar-refractivity contribution in [1.82, 2.24) is 4.98 Å². The number of carbonyl (C=O) groups excluding carboxylic acids is 1. The molecule has 1 saturated heterocycles. The Hall–Kier alpha value is -2.87. The zero-order chi connectivity index (χ0) is 16.8. The summed E-state index contributed by atoms with van der Waals surface area (Å²) >= 11 is 0. The van der Waals surface area contributed by atoms with Crippen LogP contribution in [-0.2, 0) is 0 Å². The van der Waals surface area contributed by atoms with Gasteiger partial charge in [-0.2, -0.15) is 5.26 Å². The van der Waals surface area contributed by atoms with Crippen molar-refractivity contribution in [3.05, 3.63) is 53.9 Å². The smallest absolute Gasteiger partial charge is 0.274 e. The van der Waals surface area contributed by atoms with Gasteiger partial charge in [0.15, 0.2) is 0 Å². The molecule has 0 spiro atoms. The van der Waals surface area contributed by atoms with Crippen molar-refractivity contribution in [2.45, 2.75) is 25.7 Å². The van der Waals surface area contributed by atoms with Gasteiger partial charge in [0.2, 0.25) is 0 Å². The Balaban J connectivity index is 1.71. The molecule has 0 unspecified atom stereocenters. The van der Waals surface area contributed by atoms with Crippen molar-refractivity contribution < 1.29 is 4.79 Å². The molecule has 0 radical (unpaired) electrons. The maximum absolute atomic E-state index is 12.3. The number of pyridine rings is 1. The average Bonchev–Trinajstić information content (AvgIpc) is 2.92. The number of hydrogen-bond acceptors (Lipinski definition) is 4. The summed E-state index contributed by atoms with van der Waals surface area (Å²) in [5.41, 5.74) is 2.35. The van der Waals surface area contributed by atoms with Crippen LogP contribution in [-0.4, -0.2) is 24.0 Å². The van der Waals surface area contributed by atoms with Crippen LogP contribution >= 0.6 is 0 Å². The normalized spacial score (nSPS) is 14.5. The van der Waals surface area contributed by atoms with E-state index >= 15 is 0 Å². The monoisotopic (exact) mass is 320 g/mol. The molecule has 0 aliphatic carbocycles. The van der Waals surface area contributed by atoms with E-state index in [0.717, 1.165) is 18.8 Å². The van der Waals surface area contributed by atoms with Crippen LogP contribution in [0.5, 0.6) is 0 Å². The number of aromatic nitrogens is 1. The molecule has 0 bridgehead atoms. The predicted octanol–water partition coefficient (Wildman–Crippen LogP) is 3.59. The van der Waals surface area contributed by atoms with Crippen molar-refractivity contribution in [1.29, 1.82) is 5.26 Å². The summed E-state index contributed by atoms with van der Waals surface area (Å²) < 4.78 is 0. The van der Waals surface area contributed by atoms with E-state index in [1.165, 1.54) is 25.7 Å². The molecule has 2 heterocycles. The van der Waals surface area contributed by atoms with E-state index in [-0.39, 0.29) is 5.91 Å². The number of para-hydroxylation sites is 1. The van der Waals surface area contributed by atoms with Gasteiger partial charge in [-0.25, -0.2) is 4.98 Å². The molecule has 1 amide bonds. The highest BCUT2D eigenvalue weighted by atomic mass is 16.1. The lowest BCUT2D eigenvalue weighted by Gasteiger charge is -2.22. The van der Waals surface area contributed by atoms with Gasteiger partial charge in [-0.15, -0.1) is 0 Å². The maximum atomic E-state index is 12.3. The Morgan fingerprint density at radius 2 is 1.83 bits per heavy atom. The zero-order valence-electron chi connectivity index (χ0n) is 13.5. The molecule has 0 atom stereocenters. The van der Waals surface area contributed by atoms with Crippen LogP contribution < -0.4 is 10.2 Å². The van der Waals surface area contributed by atoms with Crippen LogP contribution in [0.2, 0.25) is 0 Å². The fraction of sp³-hybridized carbons (Fsp3) is 0.316. The molecule has 1 N–H and O–H groups in total. The summed E-state index contributed by atoms with van der Waals surface area (Å²) in [5.74, 6) is -0.305. The second-order valence-electron chi connectivity index (χ2n) is 5.91. The first-order valence-corrected chi connectivity index (χ1v) is 8.29. The van der Waals surface area contributed by atoms with E-state index in [1.807, 2.05) is 6.07 Å². The number of anilines is 2. The molecular weight excluding hydrogens is 300 g/mol. The molecule has 1 fully saturated rings. The second-order valence-corrected chi connectivity index (χ2v) is 5.91. The topological polar surface area (TPSA) is 69.0 Å². The molecule has 3 rings (SSSR count). The number of rotatable bonds is 3. The standard InChI is InChI=1S/C19H20N4O/c20-13-15-7-3-4-8-17(15)22-19(24)18-10-9-16(14-21-18)23-11-5-1-2-6-12-23/h3-4,7-10,14H,1-2,5-6,11-12H2,(H,22,24). The number of carbonyl (C=O) groups is 1. The van der Waals surface area contributed by atoms with Gasteiger partial charge in [0.05, 0.1) is 23.1 Å². The fourth-order valence-corrected chi connectivity index (χ4v) is 2.91. The highest BCUT2D eigenvalue weighted by molar-refractivity contribution is 6.03. The predicted molar refractivity (Wildman–Crippen MR) is 94.0 cm³/mol. The Kier molecular flexibility index (Phi) is 5.07. The van der Waals surface area contributed by atoms with E-state index in [0.29, 0.717) is 16.9 Å². The molecule has 122 valence electrons. The van der Waals surface area contributed by atoms with Crippen LogP contribution in [0, 0.1) is 11.3 Å². The van der Waals surface area contributed by atoms with E-state index in [9.17, 15) is 4.79 Å². The maximum Gasteiger partial charge on any atom is 0.274 e. The summed E-state index contributed by atoms with van der Waals surface area (Å²) in [5, 5.41) is 11.8. The second kappa shape index (κ2) is 7.60. The summed E-state index contributed by atoms with van der Waals surface area (Å²) in [4.78, 5) is 19.0. The van der Waals surface area contributed by atoms with Crippen molar-refractivity contribution >= 4 is 17.3 Å². The largest absolute Gasteiger partial charge is 0.370 e. The summed E-state index contributed by atoms with van der Waals surface area (Å²) in [6.07, 6.45) is 6.72. The molecular formula is C19H20N4O. The number of nitrogens with zero attached hydrogens (tertiary/aromatic N) is 3. The van der Waals surface area contributed by atoms with Crippen LogP contribution in [0.3, 0.4) is 0 Å². The highest BCUT2D eigenvalue weighted by Crippen LogP contribution is 2.19. The van der Waals surface area contributed by atoms with Gasteiger partial charge in [-0.05, 0) is 37.1 Å². The van der Waals surface area contributed by atoms with Crippen LogP contribution in [0.15, 0.2) is 42.6 Å². The van der Waals surface area contributed by atoms with Crippen molar-refractivity contribution in [3.8, 4) is 6.07 Å². The lowest BCUT2D eigenvalue weighted by atomic mass is 10.2. The molecule has 1 aliphatic heterocycles. The third-order valence-corrected chi connectivity index (χ3v) is 4.25. The van der Waals surface area contributed by atoms with Gasteiger partial charge in [0, 0.05) is 13.1 Å². The molecule has 1 aliphatic rings. The third kappa shape index (κ3) is 3.72. The summed E-state index contributed by atoms with van der Waals surface area (Å²) in [6, 6.07) is 12.7. The lowest BCUT2D eigenvalue weighted by molar-refractivity contribution is 0.102. The molecule has 24 heavy (non-hydrogen) atoms. The van der Waals surface area contributed by atoms with E-state index < -0.39 is 0 Å². The van der Waals surface area contributed by atoms with E-state index in [1.54, 1.807) is 36.5 Å². The Bertz CT molecular complexity index is 741. The Morgan fingerprint density at radius 1 is 1.08 bits per heavy atom. The van der Waals surface area contributed by atoms with Crippen LogP contribution in [0.25, 0.3) is 0 Å². The van der Waals surface area contributed by atoms with Gasteiger partial charge >= 0.3 is 0 Å². The minimum Gasteiger partial charge on any atom is -0.370 e. The summed E-state index contributed by atoms with van der Waals surface area (Å²) in [6.45, 7) is 2.09. The fourth-order valence-electron chi connectivity index (χ4n) is 2.91. The Morgan fingerprint density at radius 3 is 2.50 bits per heavy atom. The highest BCUT2D eigenvalue weighted by Gasteiger charge is 2.13. The first-order chi connectivity index (χ1) is 11.8. The molecule has 1 aromatic carbocycles. The van der Waals surface area contributed by atoms with Gasteiger partial charge in [0.1, 0.15) is 11.8 Å². The van der Waals surface area contributed by atoms with Crippen molar-refractivity contribution in [2.24, 2.45) is 0 Å². The molecule has 2 aromatic rings. The first kappa shape index (κ1) is 16.0. The number of nitriles is 1. The number of nitrogens with one attached hydrogen (secondary N) is 1. The van der Waals surface area contributed by atoms with Crippen molar-refractivity contribution in [3.63, 3.8) is 0 Å². The van der Waals surface area contributed by atoms with Gasteiger partial charge in [-0.3, -0.25) is 4.79 Å². The van der Waals surface area contributed by atoms with E-state index in [4.69, 9.17) is 5.26 Å². The van der Waals surface area contributed by atoms with Crippen LogP contribution in [0.1, 0.15) is 41.7 Å². The SMILES string of the molecule is N#Cc1ccccc1NC(=O)c1ccc(N2CCCCCC2)cn1. The zero-order valence-corrected chi connectivity index (χ0v) is 13.5. The van der Waals surface area contributed by atoms with Crippen LogP contribution in [0.4, 0.5) is 11.4 Å². The van der Waals surface area contributed by atoms with Crippen molar-refractivity contribution in [2.75, 3.05) is 23.3 Å².